The first-order valence-corrected chi connectivity index (χ1v) is 4.86. The number of halogens is 1. The first kappa shape index (κ1) is 8.73. The molecule has 0 bridgehead atoms. The van der Waals surface area contributed by atoms with Gasteiger partial charge in [0.2, 0.25) is 5.91 Å². The fourth-order valence-corrected chi connectivity index (χ4v) is 2.59. The van der Waals surface area contributed by atoms with E-state index in [1.807, 2.05) is 4.90 Å². The molecular formula is C10H14FNO. The molecule has 2 unspecified atom stereocenters. The van der Waals surface area contributed by atoms with E-state index in [-0.39, 0.29) is 11.8 Å². The van der Waals surface area contributed by atoms with Crippen molar-refractivity contribution in [1.82, 2.24) is 4.90 Å². The maximum absolute atomic E-state index is 12.5. The van der Waals surface area contributed by atoms with Crippen LogP contribution < -0.4 is 0 Å². The molecule has 0 saturated carbocycles. The summed E-state index contributed by atoms with van der Waals surface area (Å²) in [5, 5.41) is 0. The Morgan fingerprint density at radius 1 is 1.69 bits per heavy atom. The summed E-state index contributed by atoms with van der Waals surface area (Å²) in [6, 6.07) is 0.291. The van der Waals surface area contributed by atoms with Crippen LogP contribution in [0.2, 0.25) is 0 Å². The van der Waals surface area contributed by atoms with Crippen LogP contribution >= 0.6 is 0 Å². The lowest BCUT2D eigenvalue weighted by atomic mass is 9.92. The summed E-state index contributed by atoms with van der Waals surface area (Å²) >= 11 is 0. The van der Waals surface area contributed by atoms with Gasteiger partial charge in [-0.2, -0.15) is 0 Å². The van der Waals surface area contributed by atoms with E-state index >= 15 is 0 Å². The van der Waals surface area contributed by atoms with E-state index in [2.05, 4.69) is 6.92 Å². The van der Waals surface area contributed by atoms with Gasteiger partial charge in [-0.3, -0.25) is 4.79 Å². The van der Waals surface area contributed by atoms with Crippen molar-refractivity contribution in [1.29, 1.82) is 0 Å². The summed E-state index contributed by atoms with van der Waals surface area (Å²) in [5.74, 6) is 0.469. The Kier molecular flexibility index (Phi) is 2.10. The molecule has 1 amide bonds. The second kappa shape index (κ2) is 3.13. The summed E-state index contributed by atoms with van der Waals surface area (Å²) in [4.78, 5) is 13.2. The maximum Gasteiger partial charge on any atom is 0.223 e. The van der Waals surface area contributed by atoms with Crippen LogP contribution in [0.5, 0.6) is 0 Å². The maximum atomic E-state index is 12.5. The molecular weight excluding hydrogens is 169 g/mol. The predicted octanol–water partition coefficient (Wildman–Crippen LogP) is 1.87. The normalized spacial score (nSPS) is 36.0. The third-order valence-corrected chi connectivity index (χ3v) is 3.25. The third kappa shape index (κ3) is 1.18. The molecule has 0 N–H and O–H groups in total. The fraction of sp³-hybridized carbons (Fsp3) is 0.700. The second-order valence-electron chi connectivity index (χ2n) is 3.83. The van der Waals surface area contributed by atoms with Crippen LogP contribution in [-0.4, -0.2) is 23.4 Å². The molecule has 2 atom stereocenters. The second-order valence-corrected chi connectivity index (χ2v) is 3.83. The van der Waals surface area contributed by atoms with Gasteiger partial charge in [-0.1, -0.05) is 6.92 Å². The zero-order valence-electron chi connectivity index (χ0n) is 7.79. The highest BCUT2D eigenvalue weighted by Crippen LogP contribution is 2.38. The monoisotopic (exact) mass is 183 g/mol. The van der Waals surface area contributed by atoms with E-state index in [9.17, 15) is 9.18 Å². The minimum atomic E-state index is 0.195. The van der Waals surface area contributed by atoms with E-state index in [1.54, 1.807) is 0 Å². The van der Waals surface area contributed by atoms with E-state index in [1.165, 1.54) is 0 Å². The Labute approximate surface area is 77.4 Å². The molecule has 2 fully saturated rings. The van der Waals surface area contributed by atoms with Gasteiger partial charge >= 0.3 is 0 Å². The summed E-state index contributed by atoms with van der Waals surface area (Å²) in [6.07, 6.45) is 3.19. The van der Waals surface area contributed by atoms with E-state index in [4.69, 9.17) is 0 Å². The summed E-state index contributed by atoms with van der Waals surface area (Å²) in [6.45, 7) is 2.58. The molecule has 72 valence electrons. The Balaban J connectivity index is 2.23. The molecule has 2 saturated heterocycles. The average Bonchev–Trinajstić information content (AvgIpc) is 2.65. The lowest BCUT2D eigenvalue weighted by Crippen LogP contribution is -2.29. The van der Waals surface area contributed by atoms with Crippen molar-refractivity contribution in [3.63, 3.8) is 0 Å². The number of hydrogen-bond donors (Lipinski definition) is 0. The molecule has 0 spiro atoms. The average molecular weight is 183 g/mol. The number of rotatable bonds is 1. The van der Waals surface area contributed by atoms with Gasteiger partial charge in [0, 0.05) is 24.9 Å². The Bertz CT molecular complexity index is 262. The first-order chi connectivity index (χ1) is 6.27. The molecule has 0 aliphatic carbocycles. The fourth-order valence-electron chi connectivity index (χ4n) is 2.59. The van der Waals surface area contributed by atoms with Crippen LogP contribution in [0, 0.1) is 5.92 Å². The van der Waals surface area contributed by atoms with Gasteiger partial charge < -0.3 is 4.90 Å². The quantitative estimate of drug-likeness (QED) is 0.607. The van der Waals surface area contributed by atoms with Crippen molar-refractivity contribution in [2.24, 2.45) is 5.92 Å². The van der Waals surface area contributed by atoms with E-state index in [0.717, 1.165) is 18.4 Å². The SMILES string of the molecule is CCC1C(=CF)CN2C(=O)CCC12. The van der Waals surface area contributed by atoms with Crippen LogP contribution in [0.3, 0.4) is 0 Å². The van der Waals surface area contributed by atoms with Gasteiger partial charge in [-0.05, 0) is 18.4 Å². The lowest BCUT2D eigenvalue weighted by molar-refractivity contribution is -0.127. The zero-order chi connectivity index (χ0) is 9.42. The number of hydrogen-bond acceptors (Lipinski definition) is 1. The van der Waals surface area contributed by atoms with Crippen LogP contribution in [-0.2, 0) is 4.79 Å². The number of nitrogens with zero attached hydrogens (tertiary/aromatic N) is 1. The highest BCUT2D eigenvalue weighted by atomic mass is 19.1. The van der Waals surface area contributed by atoms with Gasteiger partial charge in [0.05, 0.1) is 6.33 Å². The smallest absolute Gasteiger partial charge is 0.223 e. The highest BCUT2D eigenvalue weighted by Gasteiger charge is 2.43. The van der Waals surface area contributed by atoms with Gasteiger partial charge in [0.1, 0.15) is 0 Å². The van der Waals surface area contributed by atoms with Crippen LogP contribution in [0.15, 0.2) is 11.9 Å². The van der Waals surface area contributed by atoms with Crippen molar-refractivity contribution >= 4 is 5.91 Å². The lowest BCUT2D eigenvalue weighted by Gasteiger charge is -2.18. The van der Waals surface area contributed by atoms with Gasteiger partial charge in [0.25, 0.3) is 0 Å². The van der Waals surface area contributed by atoms with E-state index < -0.39 is 0 Å². The molecule has 2 rings (SSSR count). The Hall–Kier alpha value is -0.860. The number of carbonyl (C=O) groups excluding carboxylic acids is 1. The van der Waals surface area contributed by atoms with Crippen LogP contribution in [0.25, 0.3) is 0 Å². The largest absolute Gasteiger partial charge is 0.335 e. The molecule has 0 aromatic carbocycles. The topological polar surface area (TPSA) is 20.3 Å². The standard InChI is InChI=1S/C10H14FNO/c1-2-8-7(5-11)6-12-9(8)3-4-10(12)13/h5,8-9H,2-4,6H2,1H3. The zero-order valence-corrected chi connectivity index (χ0v) is 7.79. The molecule has 2 heterocycles. The number of fused-ring (bicyclic) bond motifs is 1. The van der Waals surface area contributed by atoms with Crippen LogP contribution in [0.4, 0.5) is 4.39 Å². The molecule has 3 heteroatoms. The van der Waals surface area contributed by atoms with Gasteiger partial charge in [0.15, 0.2) is 0 Å². The van der Waals surface area contributed by atoms with Crippen molar-refractivity contribution in [3.8, 4) is 0 Å². The van der Waals surface area contributed by atoms with Gasteiger partial charge in [-0.25, -0.2) is 4.39 Å². The molecule has 0 radical (unpaired) electrons. The molecule has 0 aromatic heterocycles. The molecule has 2 nitrogen and oxygen atoms in total. The minimum absolute atomic E-state index is 0.195. The molecule has 13 heavy (non-hydrogen) atoms. The van der Waals surface area contributed by atoms with Crippen molar-refractivity contribution < 1.29 is 9.18 Å². The Morgan fingerprint density at radius 2 is 2.46 bits per heavy atom. The van der Waals surface area contributed by atoms with E-state index in [0.29, 0.717) is 25.3 Å². The molecule has 2 aliphatic heterocycles. The molecule has 2 aliphatic rings. The summed E-state index contributed by atoms with van der Waals surface area (Å²) in [5.41, 5.74) is 0.806. The van der Waals surface area contributed by atoms with Gasteiger partial charge in [-0.15, -0.1) is 0 Å². The summed E-state index contributed by atoms with van der Waals surface area (Å²) in [7, 11) is 0. The van der Waals surface area contributed by atoms with Crippen molar-refractivity contribution in [2.45, 2.75) is 32.2 Å². The van der Waals surface area contributed by atoms with Crippen molar-refractivity contribution in [3.05, 3.63) is 11.9 Å². The molecule has 0 aromatic rings. The summed E-state index contributed by atoms with van der Waals surface area (Å²) < 4.78 is 12.5. The highest BCUT2D eigenvalue weighted by molar-refractivity contribution is 5.80. The third-order valence-electron chi connectivity index (χ3n) is 3.25. The predicted molar refractivity (Wildman–Crippen MR) is 47.7 cm³/mol. The number of carbonyl (C=O) groups is 1. The first-order valence-electron chi connectivity index (χ1n) is 4.86. The van der Waals surface area contributed by atoms with Crippen molar-refractivity contribution in [2.75, 3.05) is 6.54 Å². The Morgan fingerprint density at radius 3 is 3.08 bits per heavy atom. The minimum Gasteiger partial charge on any atom is -0.335 e. The van der Waals surface area contributed by atoms with Crippen LogP contribution in [0.1, 0.15) is 26.2 Å². The number of amides is 1.